The Labute approximate surface area is 159 Å². The van der Waals surface area contributed by atoms with Crippen LogP contribution in [0.4, 0.5) is 9.59 Å². The average Bonchev–Trinajstić information content (AvgIpc) is 2.52. The highest BCUT2D eigenvalue weighted by Crippen LogP contribution is 2.15. The van der Waals surface area contributed by atoms with Crippen molar-refractivity contribution in [1.82, 2.24) is 10.6 Å². The molecule has 2 amide bonds. The number of carbonyl (C=O) groups is 3. The summed E-state index contributed by atoms with van der Waals surface area (Å²) in [5.74, 6) is -0.218. The maximum absolute atomic E-state index is 12.0. The fourth-order valence-corrected chi connectivity index (χ4v) is 2.09. The smallest absolute Gasteiger partial charge is 0.412 e. The van der Waals surface area contributed by atoms with E-state index in [0.717, 1.165) is 5.56 Å². The number of hydrogen-bond donors (Lipinski definition) is 2. The Morgan fingerprint density at radius 2 is 1.59 bits per heavy atom. The topological polar surface area (TPSA) is 103 Å². The Morgan fingerprint density at radius 1 is 1.00 bits per heavy atom. The number of carbonyl (C=O) groups excluding carboxylic acids is 3. The number of rotatable bonds is 6. The van der Waals surface area contributed by atoms with E-state index in [1.165, 1.54) is 7.11 Å². The summed E-state index contributed by atoms with van der Waals surface area (Å²) in [4.78, 5) is 35.5. The molecule has 0 aromatic heterocycles. The summed E-state index contributed by atoms with van der Waals surface area (Å²) in [5.41, 5.74) is 0.0680. The van der Waals surface area contributed by atoms with Crippen molar-refractivity contribution < 1.29 is 28.6 Å². The standard InChI is InChI=1S/C19H28N2O6/c1-12(2)20-17(23)26-14-9-7-13(8-10-14)11-15(16(22)25-6)21-18(24)27-19(3,4)5/h7-10,12,15H,11H2,1-6H3,(H,20,23)(H,21,24). The summed E-state index contributed by atoms with van der Waals surface area (Å²) < 4.78 is 15.1. The first-order valence-electron chi connectivity index (χ1n) is 8.65. The van der Waals surface area contributed by atoms with Gasteiger partial charge in [-0.2, -0.15) is 0 Å². The van der Waals surface area contributed by atoms with Crippen molar-refractivity contribution in [2.75, 3.05) is 7.11 Å². The van der Waals surface area contributed by atoms with Gasteiger partial charge in [-0.1, -0.05) is 12.1 Å². The number of ether oxygens (including phenoxy) is 3. The molecule has 0 fully saturated rings. The lowest BCUT2D eigenvalue weighted by molar-refractivity contribution is -0.143. The molecule has 1 aromatic rings. The zero-order valence-electron chi connectivity index (χ0n) is 16.6. The van der Waals surface area contributed by atoms with Crippen molar-refractivity contribution in [3.8, 4) is 5.75 Å². The lowest BCUT2D eigenvalue weighted by Gasteiger charge is -2.22. The maximum Gasteiger partial charge on any atom is 0.412 e. The zero-order valence-corrected chi connectivity index (χ0v) is 16.6. The molecule has 1 atom stereocenters. The van der Waals surface area contributed by atoms with E-state index in [4.69, 9.17) is 14.2 Å². The third-order valence-electron chi connectivity index (χ3n) is 3.16. The van der Waals surface area contributed by atoms with Crippen molar-refractivity contribution in [2.45, 2.75) is 58.7 Å². The SMILES string of the molecule is COC(=O)C(Cc1ccc(OC(=O)NC(C)C)cc1)NC(=O)OC(C)(C)C. The second-order valence-electron chi connectivity index (χ2n) is 7.26. The number of nitrogens with one attached hydrogen (secondary N) is 2. The van der Waals surface area contributed by atoms with Crippen molar-refractivity contribution in [3.63, 3.8) is 0 Å². The number of hydrogen-bond acceptors (Lipinski definition) is 6. The normalized spacial score (nSPS) is 12.1. The van der Waals surface area contributed by atoms with Gasteiger partial charge in [0.25, 0.3) is 0 Å². The van der Waals surface area contributed by atoms with Crippen molar-refractivity contribution in [2.24, 2.45) is 0 Å². The number of esters is 1. The van der Waals surface area contributed by atoms with Crippen LogP contribution < -0.4 is 15.4 Å². The molecule has 150 valence electrons. The number of methoxy groups -OCH3 is 1. The summed E-state index contributed by atoms with van der Waals surface area (Å²) >= 11 is 0. The quantitative estimate of drug-likeness (QED) is 0.736. The summed E-state index contributed by atoms with van der Waals surface area (Å²) in [6.45, 7) is 8.85. The van der Waals surface area contributed by atoms with Gasteiger partial charge in [0.05, 0.1) is 7.11 Å². The van der Waals surface area contributed by atoms with Gasteiger partial charge in [-0.25, -0.2) is 14.4 Å². The lowest BCUT2D eigenvalue weighted by Crippen LogP contribution is -2.45. The van der Waals surface area contributed by atoms with E-state index in [2.05, 4.69) is 10.6 Å². The van der Waals surface area contributed by atoms with Crippen molar-refractivity contribution in [3.05, 3.63) is 29.8 Å². The molecule has 0 aliphatic rings. The lowest BCUT2D eigenvalue weighted by atomic mass is 10.1. The number of amides is 2. The number of alkyl carbamates (subject to hydrolysis) is 1. The van der Waals surface area contributed by atoms with Gasteiger partial charge in [0, 0.05) is 12.5 Å². The van der Waals surface area contributed by atoms with Crippen LogP contribution in [0.2, 0.25) is 0 Å². The third kappa shape index (κ3) is 8.94. The van der Waals surface area contributed by atoms with Gasteiger partial charge < -0.3 is 24.8 Å². The van der Waals surface area contributed by atoms with Crippen molar-refractivity contribution >= 4 is 18.2 Å². The molecule has 2 N–H and O–H groups in total. The molecule has 8 nitrogen and oxygen atoms in total. The van der Waals surface area contributed by atoms with E-state index in [-0.39, 0.29) is 12.5 Å². The van der Waals surface area contributed by atoms with E-state index < -0.39 is 29.8 Å². The van der Waals surface area contributed by atoms with E-state index >= 15 is 0 Å². The molecule has 8 heteroatoms. The highest BCUT2D eigenvalue weighted by Gasteiger charge is 2.25. The Kier molecular flexibility index (Phi) is 8.08. The molecule has 0 bridgehead atoms. The van der Waals surface area contributed by atoms with E-state index in [9.17, 15) is 14.4 Å². The first-order valence-corrected chi connectivity index (χ1v) is 8.65. The van der Waals surface area contributed by atoms with Crippen LogP contribution in [0.5, 0.6) is 5.75 Å². The highest BCUT2D eigenvalue weighted by molar-refractivity contribution is 5.81. The molecule has 27 heavy (non-hydrogen) atoms. The van der Waals surface area contributed by atoms with Crippen LogP contribution in [-0.2, 0) is 20.7 Å². The minimum Gasteiger partial charge on any atom is -0.467 e. The molecule has 1 unspecified atom stereocenters. The Bertz CT molecular complexity index is 649. The van der Waals surface area contributed by atoms with Gasteiger partial charge in [0.2, 0.25) is 0 Å². The van der Waals surface area contributed by atoms with Crippen LogP contribution in [0.3, 0.4) is 0 Å². The molecule has 0 spiro atoms. The molecule has 0 saturated heterocycles. The monoisotopic (exact) mass is 380 g/mol. The maximum atomic E-state index is 12.0. The van der Waals surface area contributed by atoms with Gasteiger partial charge in [0.15, 0.2) is 0 Å². The molecule has 1 aromatic carbocycles. The third-order valence-corrected chi connectivity index (χ3v) is 3.16. The predicted octanol–water partition coefficient (Wildman–Crippen LogP) is 2.79. The Hall–Kier alpha value is -2.77. The average molecular weight is 380 g/mol. The molecule has 0 heterocycles. The second-order valence-corrected chi connectivity index (χ2v) is 7.26. The molecular weight excluding hydrogens is 352 g/mol. The fraction of sp³-hybridized carbons (Fsp3) is 0.526. The predicted molar refractivity (Wildman–Crippen MR) is 99.6 cm³/mol. The van der Waals surface area contributed by atoms with Crippen LogP contribution >= 0.6 is 0 Å². The van der Waals surface area contributed by atoms with Crippen LogP contribution in [0, 0.1) is 0 Å². The van der Waals surface area contributed by atoms with Gasteiger partial charge >= 0.3 is 18.2 Å². The molecule has 0 radical (unpaired) electrons. The van der Waals surface area contributed by atoms with Crippen molar-refractivity contribution in [1.29, 1.82) is 0 Å². The van der Waals surface area contributed by atoms with Crippen LogP contribution in [0.15, 0.2) is 24.3 Å². The minimum absolute atomic E-state index is 0.0310. The van der Waals surface area contributed by atoms with E-state index in [1.54, 1.807) is 45.0 Å². The van der Waals surface area contributed by atoms with Gasteiger partial charge in [-0.15, -0.1) is 0 Å². The Morgan fingerprint density at radius 3 is 2.07 bits per heavy atom. The van der Waals surface area contributed by atoms with E-state index in [0.29, 0.717) is 5.75 Å². The molecule has 0 aliphatic heterocycles. The highest BCUT2D eigenvalue weighted by atomic mass is 16.6. The minimum atomic E-state index is -0.902. The molecular formula is C19H28N2O6. The van der Waals surface area contributed by atoms with Crippen LogP contribution in [0.25, 0.3) is 0 Å². The summed E-state index contributed by atoms with van der Waals surface area (Å²) in [6.07, 6.45) is -1.05. The Balaban J connectivity index is 2.74. The van der Waals surface area contributed by atoms with Gasteiger partial charge in [-0.3, -0.25) is 0 Å². The molecule has 0 saturated carbocycles. The molecule has 0 aliphatic carbocycles. The van der Waals surface area contributed by atoms with Gasteiger partial charge in [-0.05, 0) is 52.3 Å². The summed E-state index contributed by atoms with van der Waals surface area (Å²) in [5, 5.41) is 5.13. The summed E-state index contributed by atoms with van der Waals surface area (Å²) in [6, 6.07) is 5.68. The van der Waals surface area contributed by atoms with Crippen LogP contribution in [-0.4, -0.2) is 43.0 Å². The first kappa shape index (κ1) is 22.3. The van der Waals surface area contributed by atoms with Crippen LogP contribution in [0.1, 0.15) is 40.2 Å². The van der Waals surface area contributed by atoms with E-state index in [1.807, 2.05) is 13.8 Å². The van der Waals surface area contributed by atoms with Gasteiger partial charge in [0.1, 0.15) is 17.4 Å². The fourth-order valence-electron chi connectivity index (χ4n) is 2.09. The second kappa shape index (κ2) is 9.80. The largest absolute Gasteiger partial charge is 0.467 e. The summed E-state index contributed by atoms with van der Waals surface area (Å²) in [7, 11) is 1.25. The first-order chi connectivity index (χ1) is 12.5. The number of benzene rings is 1. The molecule has 1 rings (SSSR count). The zero-order chi connectivity index (χ0) is 20.6.